The molecule has 3 nitrogen and oxygen atoms in total. The fourth-order valence-electron chi connectivity index (χ4n) is 2.00. The molecule has 2 rings (SSSR count). The van der Waals surface area contributed by atoms with Crippen molar-refractivity contribution in [1.29, 1.82) is 0 Å². The van der Waals surface area contributed by atoms with Crippen molar-refractivity contribution in [3.05, 3.63) is 23.8 Å². The highest BCUT2D eigenvalue weighted by Crippen LogP contribution is 2.35. The monoisotopic (exact) mass is 245 g/mol. The highest BCUT2D eigenvalue weighted by molar-refractivity contribution is 5.45. The van der Waals surface area contributed by atoms with E-state index in [1.165, 1.54) is 5.56 Å². The lowest BCUT2D eigenvalue weighted by Gasteiger charge is -2.10. The summed E-state index contributed by atoms with van der Waals surface area (Å²) in [4.78, 5) is 0. The van der Waals surface area contributed by atoms with Crippen molar-refractivity contribution in [2.45, 2.75) is 25.8 Å². The molecule has 1 aromatic rings. The second-order valence-corrected chi connectivity index (χ2v) is 4.32. The summed E-state index contributed by atoms with van der Waals surface area (Å²) in [5.74, 6) is 4.29. The fourth-order valence-corrected chi connectivity index (χ4v) is 2.00. The lowest BCUT2D eigenvalue weighted by molar-refractivity contribution is 0.305. The first-order chi connectivity index (χ1) is 8.85. The summed E-state index contributed by atoms with van der Waals surface area (Å²) >= 11 is 0. The Morgan fingerprint density at radius 3 is 3.22 bits per heavy atom. The van der Waals surface area contributed by atoms with E-state index >= 15 is 0 Å². The normalized spacial score (nSPS) is 16.8. The van der Waals surface area contributed by atoms with Crippen LogP contribution in [0, 0.1) is 12.3 Å². The van der Waals surface area contributed by atoms with Gasteiger partial charge in [0.2, 0.25) is 0 Å². The van der Waals surface area contributed by atoms with Gasteiger partial charge in [0.25, 0.3) is 0 Å². The van der Waals surface area contributed by atoms with Crippen LogP contribution in [0.4, 0.5) is 0 Å². The Morgan fingerprint density at radius 1 is 1.56 bits per heavy atom. The Bertz CT molecular complexity index is 437. The zero-order chi connectivity index (χ0) is 12.8. The van der Waals surface area contributed by atoms with Crippen LogP contribution in [-0.4, -0.2) is 19.8 Å². The molecule has 0 saturated carbocycles. The van der Waals surface area contributed by atoms with Gasteiger partial charge in [-0.25, -0.2) is 0 Å². The molecule has 3 heteroatoms. The average molecular weight is 245 g/mol. The molecule has 1 aliphatic heterocycles. The molecule has 1 aliphatic rings. The third-order valence-electron chi connectivity index (χ3n) is 2.92. The van der Waals surface area contributed by atoms with E-state index in [1.807, 2.05) is 12.1 Å². The predicted molar refractivity (Wildman–Crippen MR) is 71.9 cm³/mol. The molecular weight excluding hydrogens is 226 g/mol. The van der Waals surface area contributed by atoms with E-state index in [0.717, 1.165) is 24.5 Å². The van der Waals surface area contributed by atoms with Gasteiger partial charge in [-0.2, -0.15) is 0 Å². The van der Waals surface area contributed by atoms with Gasteiger partial charge in [0, 0.05) is 18.1 Å². The summed E-state index contributed by atoms with van der Waals surface area (Å²) in [5.41, 5.74) is 1.22. The van der Waals surface area contributed by atoms with Gasteiger partial charge in [-0.3, -0.25) is 0 Å². The van der Waals surface area contributed by atoms with Crippen LogP contribution in [0.25, 0.3) is 0 Å². The summed E-state index contributed by atoms with van der Waals surface area (Å²) in [6.07, 6.45) is 6.93. The number of nitrogens with one attached hydrogen (secondary N) is 1. The van der Waals surface area contributed by atoms with Crippen LogP contribution in [-0.2, 0) is 0 Å². The molecule has 18 heavy (non-hydrogen) atoms. The van der Waals surface area contributed by atoms with Gasteiger partial charge in [-0.1, -0.05) is 6.92 Å². The maximum absolute atomic E-state index is 5.67. The molecule has 1 unspecified atom stereocenters. The first-order valence-corrected chi connectivity index (χ1v) is 6.41. The Labute approximate surface area is 108 Å². The predicted octanol–water partition coefficient (Wildman–Crippen LogP) is 2.52. The number of terminal acetylenes is 1. The van der Waals surface area contributed by atoms with Crippen LogP contribution >= 0.6 is 0 Å². The van der Waals surface area contributed by atoms with Gasteiger partial charge in [-0.05, 0) is 25.1 Å². The maximum Gasteiger partial charge on any atom is 0.127 e. The summed E-state index contributed by atoms with van der Waals surface area (Å²) in [6, 6.07) is 6.30. The van der Waals surface area contributed by atoms with E-state index < -0.39 is 0 Å². The Balaban J connectivity index is 1.99. The molecule has 0 amide bonds. The highest BCUT2D eigenvalue weighted by Gasteiger charge is 2.23. The highest BCUT2D eigenvalue weighted by atomic mass is 16.5. The van der Waals surface area contributed by atoms with Gasteiger partial charge in [0.05, 0.1) is 12.6 Å². The van der Waals surface area contributed by atoms with E-state index in [1.54, 1.807) is 0 Å². The molecule has 0 spiro atoms. The van der Waals surface area contributed by atoms with Crippen molar-refractivity contribution in [2.75, 3.05) is 19.8 Å². The molecule has 0 fully saturated rings. The van der Waals surface area contributed by atoms with Crippen LogP contribution in [0.2, 0.25) is 0 Å². The smallest absolute Gasteiger partial charge is 0.127 e. The summed E-state index contributed by atoms with van der Waals surface area (Å²) in [7, 11) is 0. The number of rotatable bonds is 6. The molecule has 1 aromatic carbocycles. The van der Waals surface area contributed by atoms with E-state index in [9.17, 15) is 0 Å². The zero-order valence-electron chi connectivity index (χ0n) is 10.7. The largest absolute Gasteiger partial charge is 0.492 e. The summed E-state index contributed by atoms with van der Waals surface area (Å²) in [5, 5.41) is 3.47. The molecule has 1 atom stereocenters. The standard InChI is InChI=1S/C15H19NO2/c1-3-5-9-17-12-6-7-13-14(16-8-4-2)11-18-15(13)10-12/h1,6-7,10,14,16H,4-5,8-9,11H2,2H3. The van der Waals surface area contributed by atoms with Crippen molar-refractivity contribution in [2.24, 2.45) is 0 Å². The lowest BCUT2D eigenvalue weighted by atomic mass is 10.1. The lowest BCUT2D eigenvalue weighted by Crippen LogP contribution is -2.22. The van der Waals surface area contributed by atoms with Crippen molar-refractivity contribution in [3.63, 3.8) is 0 Å². The van der Waals surface area contributed by atoms with Gasteiger partial charge in [0.1, 0.15) is 18.1 Å². The van der Waals surface area contributed by atoms with E-state index in [0.29, 0.717) is 25.7 Å². The molecule has 0 aliphatic carbocycles. The maximum atomic E-state index is 5.67. The minimum Gasteiger partial charge on any atom is -0.492 e. The van der Waals surface area contributed by atoms with Crippen LogP contribution in [0.15, 0.2) is 18.2 Å². The average Bonchev–Trinajstić information content (AvgIpc) is 2.79. The Hall–Kier alpha value is -1.66. The molecular formula is C15H19NO2. The number of fused-ring (bicyclic) bond motifs is 1. The minimum absolute atomic E-state index is 0.305. The summed E-state index contributed by atoms with van der Waals surface area (Å²) < 4.78 is 11.2. The molecule has 0 saturated heterocycles. The summed E-state index contributed by atoms with van der Waals surface area (Å²) in [6.45, 7) is 4.41. The molecule has 0 aromatic heterocycles. The second-order valence-electron chi connectivity index (χ2n) is 4.32. The fraction of sp³-hybridized carbons (Fsp3) is 0.467. The van der Waals surface area contributed by atoms with Gasteiger partial charge in [0.15, 0.2) is 0 Å². The van der Waals surface area contributed by atoms with Crippen molar-refractivity contribution < 1.29 is 9.47 Å². The SMILES string of the molecule is C#CCCOc1ccc2c(c1)OCC2NCCC. The van der Waals surface area contributed by atoms with Gasteiger partial charge in [-0.15, -0.1) is 12.3 Å². The van der Waals surface area contributed by atoms with Crippen molar-refractivity contribution in [1.82, 2.24) is 5.32 Å². The van der Waals surface area contributed by atoms with E-state index in [2.05, 4.69) is 24.2 Å². The third-order valence-corrected chi connectivity index (χ3v) is 2.92. The number of hydrogen-bond acceptors (Lipinski definition) is 3. The van der Waals surface area contributed by atoms with Crippen LogP contribution < -0.4 is 14.8 Å². The molecule has 1 N–H and O–H groups in total. The quantitative estimate of drug-likeness (QED) is 0.617. The number of ether oxygens (including phenoxy) is 2. The Kier molecular flexibility index (Phi) is 4.49. The Morgan fingerprint density at radius 2 is 2.44 bits per heavy atom. The van der Waals surface area contributed by atoms with Gasteiger partial charge < -0.3 is 14.8 Å². The molecule has 0 bridgehead atoms. The first kappa shape index (κ1) is 12.8. The van der Waals surface area contributed by atoms with Crippen LogP contribution in [0.3, 0.4) is 0 Å². The molecule has 0 radical (unpaired) electrons. The van der Waals surface area contributed by atoms with Crippen molar-refractivity contribution in [3.8, 4) is 23.8 Å². The number of hydrogen-bond donors (Lipinski definition) is 1. The zero-order valence-corrected chi connectivity index (χ0v) is 10.7. The first-order valence-electron chi connectivity index (χ1n) is 6.41. The number of benzene rings is 1. The van der Waals surface area contributed by atoms with Crippen LogP contribution in [0.1, 0.15) is 31.4 Å². The molecule has 1 heterocycles. The minimum atomic E-state index is 0.305. The van der Waals surface area contributed by atoms with Crippen molar-refractivity contribution >= 4 is 0 Å². The van der Waals surface area contributed by atoms with Crippen LogP contribution in [0.5, 0.6) is 11.5 Å². The molecule has 96 valence electrons. The van der Waals surface area contributed by atoms with E-state index in [4.69, 9.17) is 15.9 Å². The second kappa shape index (κ2) is 6.32. The van der Waals surface area contributed by atoms with Gasteiger partial charge >= 0.3 is 0 Å². The third kappa shape index (κ3) is 2.96. The topological polar surface area (TPSA) is 30.5 Å². The van der Waals surface area contributed by atoms with E-state index in [-0.39, 0.29) is 0 Å².